The van der Waals surface area contributed by atoms with Crippen LogP contribution in [-0.2, 0) is 17.8 Å². The molecular formula is C19H19N4O3S-. The highest BCUT2D eigenvalue weighted by molar-refractivity contribution is 7.80. The first kappa shape index (κ1) is 18.8. The Morgan fingerprint density at radius 2 is 1.93 bits per heavy atom. The number of aryl methyl sites for hydroxylation is 1. The summed E-state index contributed by atoms with van der Waals surface area (Å²) in [5.41, 5.74) is 3.21. The van der Waals surface area contributed by atoms with Crippen molar-refractivity contribution < 1.29 is 13.6 Å². The Balaban J connectivity index is 1.74. The van der Waals surface area contributed by atoms with Crippen molar-refractivity contribution in [2.24, 2.45) is 0 Å². The molecule has 1 aromatic heterocycles. The van der Waals surface area contributed by atoms with Crippen LogP contribution in [0.15, 0.2) is 60.7 Å². The van der Waals surface area contributed by atoms with Crippen LogP contribution in [0.1, 0.15) is 21.7 Å². The first-order valence-electron chi connectivity index (χ1n) is 8.27. The molecule has 140 valence electrons. The largest absolute Gasteiger partial charge is 0.755 e. The van der Waals surface area contributed by atoms with Gasteiger partial charge in [0.05, 0.1) is 6.54 Å². The molecule has 0 saturated heterocycles. The average molecular weight is 383 g/mol. The minimum absolute atomic E-state index is 0.301. The van der Waals surface area contributed by atoms with Crippen LogP contribution in [0.5, 0.6) is 0 Å². The molecule has 0 bridgehead atoms. The maximum atomic E-state index is 12.5. The number of carbonyl (C=O) groups is 1. The minimum atomic E-state index is -2.38. The number of hydrogen-bond acceptors (Lipinski definition) is 4. The molecule has 1 unspecified atom stereocenters. The highest BCUT2D eigenvalue weighted by Gasteiger charge is 2.13. The zero-order valence-electron chi connectivity index (χ0n) is 15.0. The van der Waals surface area contributed by atoms with Gasteiger partial charge in [0.25, 0.3) is 5.91 Å². The molecule has 0 radical (unpaired) electrons. The SMILES string of the molecule is Cc1cc(C(=O)Nc2cccc(N(C)S(=O)[O-])c2)nn1Cc1ccccc1. The summed E-state index contributed by atoms with van der Waals surface area (Å²) < 4.78 is 25.0. The fraction of sp³-hybridized carbons (Fsp3) is 0.158. The fourth-order valence-corrected chi connectivity index (χ4v) is 2.88. The molecule has 2 aromatic carbocycles. The van der Waals surface area contributed by atoms with Crippen LogP contribution in [0.4, 0.5) is 11.4 Å². The van der Waals surface area contributed by atoms with E-state index in [4.69, 9.17) is 0 Å². The van der Waals surface area contributed by atoms with Crippen LogP contribution in [0.3, 0.4) is 0 Å². The molecule has 1 heterocycles. The Bertz CT molecular complexity index is 972. The van der Waals surface area contributed by atoms with E-state index in [9.17, 15) is 13.6 Å². The Hall–Kier alpha value is -2.97. The van der Waals surface area contributed by atoms with Crippen LogP contribution >= 0.6 is 0 Å². The van der Waals surface area contributed by atoms with E-state index >= 15 is 0 Å². The molecule has 0 aliphatic carbocycles. The number of amides is 1. The first-order valence-corrected chi connectivity index (χ1v) is 9.30. The van der Waals surface area contributed by atoms with Crippen molar-refractivity contribution in [3.63, 3.8) is 0 Å². The molecule has 1 amide bonds. The van der Waals surface area contributed by atoms with E-state index in [0.717, 1.165) is 15.6 Å². The predicted octanol–water partition coefficient (Wildman–Crippen LogP) is 2.72. The van der Waals surface area contributed by atoms with Crippen LogP contribution in [0.2, 0.25) is 0 Å². The number of nitrogens with one attached hydrogen (secondary N) is 1. The summed E-state index contributed by atoms with van der Waals surface area (Å²) in [6, 6.07) is 18.2. The fourth-order valence-electron chi connectivity index (χ4n) is 2.60. The molecule has 0 aliphatic heterocycles. The Kier molecular flexibility index (Phi) is 5.68. The van der Waals surface area contributed by atoms with E-state index < -0.39 is 11.3 Å². The third kappa shape index (κ3) is 4.60. The second-order valence-electron chi connectivity index (χ2n) is 6.03. The smallest absolute Gasteiger partial charge is 0.276 e. The first-order chi connectivity index (χ1) is 12.9. The molecule has 3 rings (SSSR count). The lowest BCUT2D eigenvalue weighted by Crippen LogP contribution is -2.20. The maximum absolute atomic E-state index is 12.5. The zero-order valence-corrected chi connectivity index (χ0v) is 15.8. The third-order valence-corrected chi connectivity index (χ3v) is 4.74. The van der Waals surface area contributed by atoms with Crippen molar-refractivity contribution in [1.82, 2.24) is 9.78 Å². The zero-order chi connectivity index (χ0) is 19.4. The highest BCUT2D eigenvalue weighted by Crippen LogP contribution is 2.20. The van der Waals surface area contributed by atoms with E-state index in [-0.39, 0.29) is 5.91 Å². The van der Waals surface area contributed by atoms with Crippen molar-refractivity contribution in [2.45, 2.75) is 13.5 Å². The Morgan fingerprint density at radius 3 is 2.63 bits per heavy atom. The number of aromatic nitrogens is 2. The van der Waals surface area contributed by atoms with Crippen molar-refractivity contribution in [1.29, 1.82) is 0 Å². The molecule has 1 atom stereocenters. The van der Waals surface area contributed by atoms with Gasteiger partial charge >= 0.3 is 0 Å². The second kappa shape index (κ2) is 8.15. The summed E-state index contributed by atoms with van der Waals surface area (Å²) >= 11 is -2.38. The number of nitrogens with zero attached hydrogens (tertiary/aromatic N) is 3. The lowest BCUT2D eigenvalue weighted by Gasteiger charge is -2.21. The molecule has 1 N–H and O–H groups in total. The average Bonchev–Trinajstić information content (AvgIpc) is 3.03. The van der Waals surface area contributed by atoms with Gasteiger partial charge in [-0.05, 0) is 36.8 Å². The monoisotopic (exact) mass is 383 g/mol. The molecule has 27 heavy (non-hydrogen) atoms. The van der Waals surface area contributed by atoms with Gasteiger partial charge in [0.2, 0.25) is 0 Å². The van der Waals surface area contributed by atoms with Gasteiger partial charge in [-0.25, -0.2) is 0 Å². The van der Waals surface area contributed by atoms with E-state index in [0.29, 0.717) is 23.6 Å². The van der Waals surface area contributed by atoms with Gasteiger partial charge in [0.1, 0.15) is 0 Å². The molecule has 7 nitrogen and oxygen atoms in total. The van der Waals surface area contributed by atoms with Crippen LogP contribution in [0.25, 0.3) is 0 Å². The second-order valence-corrected chi connectivity index (χ2v) is 7.02. The molecule has 0 spiro atoms. The number of rotatable bonds is 6. The van der Waals surface area contributed by atoms with Gasteiger partial charge in [-0.15, -0.1) is 0 Å². The lowest BCUT2D eigenvalue weighted by atomic mass is 10.2. The summed E-state index contributed by atoms with van der Waals surface area (Å²) in [7, 11) is 1.43. The predicted molar refractivity (Wildman–Crippen MR) is 104 cm³/mol. The van der Waals surface area contributed by atoms with Gasteiger partial charge in [-0.2, -0.15) is 5.10 Å². The summed E-state index contributed by atoms with van der Waals surface area (Å²) in [6.07, 6.45) is 0. The Labute approximate surface area is 160 Å². The van der Waals surface area contributed by atoms with Gasteiger partial charge in [-0.1, -0.05) is 36.4 Å². The number of anilines is 2. The van der Waals surface area contributed by atoms with Gasteiger partial charge in [-0.3, -0.25) is 13.7 Å². The van der Waals surface area contributed by atoms with Gasteiger partial charge in [0.15, 0.2) is 5.69 Å². The summed E-state index contributed by atoms with van der Waals surface area (Å²) in [5.74, 6) is -0.354. The summed E-state index contributed by atoms with van der Waals surface area (Å²) in [6.45, 7) is 2.47. The number of hydrogen-bond donors (Lipinski definition) is 1. The van der Waals surface area contributed by atoms with Crippen molar-refractivity contribution >= 4 is 28.5 Å². The van der Waals surface area contributed by atoms with Crippen LogP contribution in [0, 0.1) is 6.92 Å². The maximum Gasteiger partial charge on any atom is 0.276 e. The van der Waals surface area contributed by atoms with Crippen LogP contribution < -0.4 is 9.62 Å². The van der Waals surface area contributed by atoms with E-state index in [2.05, 4.69) is 10.4 Å². The van der Waals surface area contributed by atoms with E-state index in [1.165, 1.54) is 7.05 Å². The number of carbonyl (C=O) groups excluding carboxylic acids is 1. The molecular weight excluding hydrogens is 364 g/mol. The molecule has 0 saturated carbocycles. The highest BCUT2D eigenvalue weighted by atomic mass is 32.2. The molecule has 0 aliphatic rings. The number of benzene rings is 2. The Morgan fingerprint density at radius 1 is 1.19 bits per heavy atom. The topological polar surface area (TPSA) is 90.3 Å². The van der Waals surface area contributed by atoms with Crippen molar-refractivity contribution in [2.75, 3.05) is 16.7 Å². The summed E-state index contributed by atoms with van der Waals surface area (Å²) in [4.78, 5) is 12.5. The molecule has 3 aromatic rings. The van der Waals surface area contributed by atoms with Crippen molar-refractivity contribution in [3.8, 4) is 0 Å². The third-order valence-electron chi connectivity index (χ3n) is 4.08. The van der Waals surface area contributed by atoms with Gasteiger partial charge < -0.3 is 14.2 Å². The molecule has 8 heteroatoms. The van der Waals surface area contributed by atoms with Gasteiger partial charge in [0, 0.05) is 35.4 Å². The summed E-state index contributed by atoms with van der Waals surface area (Å²) in [5, 5.41) is 7.14. The standard InChI is InChI=1S/C19H20N4O3S/c1-14-11-18(21-23(14)13-15-7-4-3-5-8-15)19(24)20-16-9-6-10-17(12-16)22(2)27(25)26/h3-12H,13H2,1-2H3,(H,20,24)(H,25,26)/p-1. The van der Waals surface area contributed by atoms with E-state index in [1.807, 2.05) is 37.3 Å². The minimum Gasteiger partial charge on any atom is -0.755 e. The van der Waals surface area contributed by atoms with E-state index in [1.54, 1.807) is 35.0 Å². The normalized spacial score (nSPS) is 11.8. The molecule has 0 fully saturated rings. The van der Waals surface area contributed by atoms with Crippen LogP contribution in [-0.4, -0.2) is 31.5 Å². The lowest BCUT2D eigenvalue weighted by molar-refractivity contribution is 0.102. The van der Waals surface area contributed by atoms with Crippen molar-refractivity contribution in [3.05, 3.63) is 77.6 Å². The quantitative estimate of drug-likeness (QED) is 0.663.